The number of thiazole rings is 1. The third-order valence-corrected chi connectivity index (χ3v) is 7.33. The van der Waals surface area contributed by atoms with Gasteiger partial charge in [0.05, 0.1) is 10.6 Å². The lowest BCUT2D eigenvalue weighted by Gasteiger charge is -2.36. The van der Waals surface area contributed by atoms with Crippen molar-refractivity contribution in [3.05, 3.63) is 22.4 Å². The Morgan fingerprint density at radius 2 is 2.21 bits per heavy atom. The molecule has 1 spiro atoms. The molecular formula is C19H22N4O3S2. The summed E-state index contributed by atoms with van der Waals surface area (Å²) < 4.78 is 0. The van der Waals surface area contributed by atoms with Gasteiger partial charge in [-0.15, -0.1) is 22.7 Å². The highest BCUT2D eigenvalue weighted by molar-refractivity contribution is 7.17. The van der Waals surface area contributed by atoms with Gasteiger partial charge in [-0.1, -0.05) is 19.8 Å². The van der Waals surface area contributed by atoms with Gasteiger partial charge in [-0.2, -0.15) is 0 Å². The summed E-state index contributed by atoms with van der Waals surface area (Å²) >= 11 is 2.96. The second kappa shape index (κ2) is 7.29. The third-order valence-electron chi connectivity index (χ3n) is 5.55. The van der Waals surface area contributed by atoms with E-state index >= 15 is 0 Å². The van der Waals surface area contributed by atoms with Crippen molar-refractivity contribution in [2.75, 3.05) is 11.9 Å². The van der Waals surface area contributed by atoms with E-state index in [2.05, 4.69) is 15.6 Å². The molecule has 7 nitrogen and oxygen atoms in total. The molecule has 0 bridgehead atoms. The van der Waals surface area contributed by atoms with Crippen molar-refractivity contribution in [1.29, 1.82) is 0 Å². The zero-order chi connectivity index (χ0) is 19.9. The zero-order valence-electron chi connectivity index (χ0n) is 15.8. The van der Waals surface area contributed by atoms with Crippen LogP contribution in [0.2, 0.25) is 0 Å². The second-order valence-electron chi connectivity index (χ2n) is 7.44. The van der Waals surface area contributed by atoms with Crippen molar-refractivity contribution in [2.45, 2.75) is 45.1 Å². The van der Waals surface area contributed by atoms with Crippen LogP contribution in [0.25, 0.3) is 10.6 Å². The van der Waals surface area contributed by atoms with Gasteiger partial charge < -0.3 is 10.6 Å². The van der Waals surface area contributed by atoms with Crippen LogP contribution in [0.3, 0.4) is 0 Å². The molecule has 2 unspecified atom stereocenters. The second-order valence-corrected chi connectivity index (χ2v) is 9.58. The van der Waals surface area contributed by atoms with Gasteiger partial charge in [0.25, 0.3) is 5.91 Å². The monoisotopic (exact) mass is 418 g/mol. The topological polar surface area (TPSA) is 91.4 Å². The van der Waals surface area contributed by atoms with Crippen LogP contribution in [-0.4, -0.2) is 39.8 Å². The number of thiophene rings is 1. The summed E-state index contributed by atoms with van der Waals surface area (Å²) in [4.78, 5) is 45.5. The smallest absolute Gasteiger partial charge is 0.323 e. The minimum absolute atomic E-state index is 0.0709. The maximum Gasteiger partial charge on any atom is 0.325 e. The molecule has 2 atom stereocenters. The van der Waals surface area contributed by atoms with Gasteiger partial charge in [0.1, 0.15) is 12.1 Å². The van der Waals surface area contributed by atoms with E-state index in [1.165, 1.54) is 16.2 Å². The van der Waals surface area contributed by atoms with E-state index in [0.717, 1.165) is 34.7 Å². The van der Waals surface area contributed by atoms with E-state index < -0.39 is 17.5 Å². The fraction of sp³-hybridized carbons (Fsp3) is 0.474. The molecule has 3 heterocycles. The molecule has 2 aromatic rings. The Kier molecular flexibility index (Phi) is 4.96. The number of rotatable bonds is 4. The Hall–Kier alpha value is -2.26. The minimum atomic E-state index is -0.846. The van der Waals surface area contributed by atoms with Crippen LogP contribution in [0.1, 0.15) is 37.5 Å². The van der Waals surface area contributed by atoms with Gasteiger partial charge in [-0.05, 0) is 37.8 Å². The van der Waals surface area contributed by atoms with E-state index in [4.69, 9.17) is 0 Å². The number of hydrogen-bond donors (Lipinski definition) is 2. The van der Waals surface area contributed by atoms with Crippen LogP contribution in [-0.2, 0) is 9.59 Å². The number of nitrogens with zero attached hydrogens (tertiary/aromatic N) is 2. The number of aromatic nitrogens is 1. The molecule has 2 aromatic heterocycles. The minimum Gasteiger partial charge on any atom is -0.323 e. The molecule has 1 aliphatic heterocycles. The summed E-state index contributed by atoms with van der Waals surface area (Å²) in [6.45, 7) is 3.72. The summed E-state index contributed by atoms with van der Waals surface area (Å²) in [5, 5.41) is 7.91. The molecule has 9 heteroatoms. The Morgan fingerprint density at radius 1 is 1.39 bits per heavy atom. The first-order chi connectivity index (χ1) is 13.4. The van der Waals surface area contributed by atoms with Crippen molar-refractivity contribution in [2.24, 2.45) is 5.92 Å². The van der Waals surface area contributed by atoms with Crippen molar-refractivity contribution < 1.29 is 14.4 Å². The third kappa shape index (κ3) is 3.33. The van der Waals surface area contributed by atoms with Crippen molar-refractivity contribution in [3.63, 3.8) is 0 Å². The summed E-state index contributed by atoms with van der Waals surface area (Å²) in [6.07, 6.45) is 3.49. The highest BCUT2D eigenvalue weighted by atomic mass is 32.1. The molecule has 4 amide bonds. The highest BCUT2D eigenvalue weighted by Crippen LogP contribution is 2.38. The molecule has 0 aromatic carbocycles. The first-order valence-corrected chi connectivity index (χ1v) is 11.0. The number of amides is 4. The number of carbonyl (C=O) groups excluding carboxylic acids is 3. The van der Waals surface area contributed by atoms with Crippen LogP contribution in [0, 0.1) is 12.8 Å². The summed E-state index contributed by atoms with van der Waals surface area (Å²) in [5.74, 6) is -0.637. The normalized spacial score (nSPS) is 24.6. The predicted octanol–water partition coefficient (Wildman–Crippen LogP) is 3.62. The van der Waals surface area contributed by atoms with E-state index in [9.17, 15) is 14.4 Å². The van der Waals surface area contributed by atoms with Crippen molar-refractivity contribution in [1.82, 2.24) is 15.2 Å². The average Bonchev–Trinajstić information content (AvgIpc) is 3.34. The fourth-order valence-corrected chi connectivity index (χ4v) is 5.59. The van der Waals surface area contributed by atoms with Gasteiger partial charge in [0.15, 0.2) is 5.13 Å². The molecule has 1 saturated carbocycles. The van der Waals surface area contributed by atoms with Crippen LogP contribution in [0.15, 0.2) is 17.5 Å². The van der Waals surface area contributed by atoms with Gasteiger partial charge in [-0.3, -0.25) is 14.5 Å². The van der Waals surface area contributed by atoms with Crippen LogP contribution in [0.4, 0.5) is 9.93 Å². The largest absolute Gasteiger partial charge is 0.325 e. The first-order valence-electron chi connectivity index (χ1n) is 9.35. The standard InChI is InChI=1S/C19H22N4O3S2/c1-11-5-3-4-8-19(11)16(25)23(18(26)22-19)9-15(24)21-17-20-13(10-27-17)14-7-6-12(2)28-14/h6-7,10-11H,3-5,8-9H2,1-2H3,(H,22,26)(H,20,21,24). The molecular weight excluding hydrogens is 396 g/mol. The van der Waals surface area contributed by atoms with Crippen molar-refractivity contribution in [3.8, 4) is 10.6 Å². The molecule has 2 fully saturated rings. The highest BCUT2D eigenvalue weighted by Gasteiger charge is 2.55. The fourth-order valence-electron chi connectivity index (χ4n) is 3.96. The summed E-state index contributed by atoms with van der Waals surface area (Å²) in [5.41, 5.74) is -0.0376. The van der Waals surface area contributed by atoms with E-state index in [0.29, 0.717) is 11.6 Å². The maximum atomic E-state index is 12.9. The molecule has 4 rings (SSSR count). The Labute approximate surface area is 171 Å². The Bertz CT molecular complexity index is 937. The van der Waals surface area contributed by atoms with E-state index in [1.54, 1.807) is 11.3 Å². The quantitative estimate of drug-likeness (QED) is 0.742. The molecule has 2 N–H and O–H groups in total. The number of carbonyl (C=O) groups is 3. The number of anilines is 1. The first kappa shape index (κ1) is 19.1. The van der Waals surface area contributed by atoms with Gasteiger partial charge in [0, 0.05) is 10.3 Å². The summed E-state index contributed by atoms with van der Waals surface area (Å²) in [6, 6.07) is 3.54. The van der Waals surface area contributed by atoms with Crippen LogP contribution < -0.4 is 10.6 Å². The molecule has 2 aliphatic rings. The predicted molar refractivity (Wildman–Crippen MR) is 109 cm³/mol. The van der Waals surface area contributed by atoms with E-state index in [-0.39, 0.29) is 18.4 Å². The SMILES string of the molecule is Cc1ccc(-c2csc(NC(=O)CN3C(=O)NC4(CCCCC4C)C3=O)n2)s1. The van der Waals surface area contributed by atoms with Gasteiger partial charge in [-0.25, -0.2) is 9.78 Å². The van der Waals surface area contributed by atoms with E-state index in [1.807, 2.05) is 31.4 Å². The number of imide groups is 1. The average molecular weight is 419 g/mol. The molecule has 28 heavy (non-hydrogen) atoms. The number of hydrogen-bond acceptors (Lipinski definition) is 6. The Morgan fingerprint density at radius 3 is 2.93 bits per heavy atom. The lowest BCUT2D eigenvalue weighted by Crippen LogP contribution is -2.54. The number of nitrogens with one attached hydrogen (secondary N) is 2. The molecule has 1 saturated heterocycles. The van der Waals surface area contributed by atoms with Gasteiger partial charge >= 0.3 is 6.03 Å². The van der Waals surface area contributed by atoms with Gasteiger partial charge in [0.2, 0.25) is 5.91 Å². The zero-order valence-corrected chi connectivity index (χ0v) is 17.4. The summed E-state index contributed by atoms with van der Waals surface area (Å²) in [7, 11) is 0. The lowest BCUT2D eigenvalue weighted by atomic mass is 9.73. The Balaban J connectivity index is 1.42. The van der Waals surface area contributed by atoms with Crippen molar-refractivity contribution >= 4 is 45.7 Å². The molecule has 1 aliphatic carbocycles. The molecule has 148 valence electrons. The maximum absolute atomic E-state index is 12.9. The number of urea groups is 1. The number of aryl methyl sites for hydroxylation is 1. The van der Waals surface area contributed by atoms with Crippen LogP contribution in [0.5, 0.6) is 0 Å². The van der Waals surface area contributed by atoms with Crippen LogP contribution >= 0.6 is 22.7 Å². The molecule has 0 radical (unpaired) electrons. The lowest BCUT2D eigenvalue weighted by molar-refractivity contribution is -0.136.